The third-order valence-corrected chi connectivity index (χ3v) is 1.75. The van der Waals surface area contributed by atoms with Gasteiger partial charge in [0, 0.05) is 6.07 Å². The molecule has 3 N–H and O–H groups in total. The highest BCUT2D eigenvalue weighted by atomic mass is 32.1. The Morgan fingerprint density at radius 1 is 1.58 bits per heavy atom. The molecule has 1 aromatic heterocycles. The maximum absolute atomic E-state index is 11.6. The largest absolute Gasteiger partial charge is 0.405 e. The minimum absolute atomic E-state index is 0.227. The van der Waals surface area contributed by atoms with E-state index in [0.29, 0.717) is 5.00 Å². The monoisotopic (exact) mass is 197 g/mol. The second-order valence-corrected chi connectivity index (χ2v) is 2.89. The van der Waals surface area contributed by atoms with Gasteiger partial charge in [-0.05, 0) is 11.5 Å². The second-order valence-electron chi connectivity index (χ2n) is 2.08. The van der Waals surface area contributed by atoms with E-state index in [2.05, 4.69) is 9.69 Å². The molecule has 0 fully saturated rings. The standard InChI is InChI=1S/C5H6F3N3S/c6-5(7,8)2-10-4-1-3(9)11-12-4/h1,10H,2H2,(H2,9,11). The lowest BCUT2D eigenvalue weighted by atomic mass is 10.5. The van der Waals surface area contributed by atoms with E-state index < -0.39 is 12.7 Å². The van der Waals surface area contributed by atoms with Gasteiger partial charge in [-0.1, -0.05) is 0 Å². The highest BCUT2D eigenvalue weighted by Gasteiger charge is 2.26. The fourth-order valence-electron chi connectivity index (χ4n) is 0.560. The highest BCUT2D eigenvalue weighted by molar-refractivity contribution is 7.10. The quantitative estimate of drug-likeness (QED) is 0.758. The summed E-state index contributed by atoms with van der Waals surface area (Å²) in [6, 6.07) is 1.36. The predicted molar refractivity (Wildman–Crippen MR) is 41.1 cm³/mol. The number of halogens is 3. The van der Waals surface area contributed by atoms with E-state index in [0.717, 1.165) is 11.5 Å². The van der Waals surface area contributed by atoms with Gasteiger partial charge >= 0.3 is 6.18 Å². The predicted octanol–water partition coefficient (Wildman–Crippen LogP) is 1.70. The zero-order chi connectivity index (χ0) is 9.19. The Morgan fingerprint density at radius 2 is 2.25 bits per heavy atom. The van der Waals surface area contributed by atoms with Crippen molar-refractivity contribution >= 4 is 22.4 Å². The maximum atomic E-state index is 11.6. The number of nitrogens with one attached hydrogen (secondary N) is 1. The third kappa shape index (κ3) is 2.95. The molecule has 0 aliphatic carbocycles. The average molecular weight is 197 g/mol. The van der Waals surface area contributed by atoms with Crippen molar-refractivity contribution in [3.05, 3.63) is 6.07 Å². The van der Waals surface area contributed by atoms with Crippen LogP contribution in [0.15, 0.2) is 6.07 Å². The minimum atomic E-state index is -4.21. The molecule has 0 unspecified atom stereocenters. The first-order valence-electron chi connectivity index (χ1n) is 3.00. The van der Waals surface area contributed by atoms with E-state index in [1.165, 1.54) is 6.07 Å². The van der Waals surface area contributed by atoms with E-state index in [9.17, 15) is 13.2 Å². The topological polar surface area (TPSA) is 50.9 Å². The molecule has 0 aliphatic heterocycles. The molecule has 3 nitrogen and oxygen atoms in total. The van der Waals surface area contributed by atoms with Gasteiger partial charge in [-0.3, -0.25) is 0 Å². The fourth-order valence-corrected chi connectivity index (χ4v) is 1.13. The minimum Gasteiger partial charge on any atom is -0.383 e. The Kier molecular flexibility index (Phi) is 2.41. The van der Waals surface area contributed by atoms with E-state index in [4.69, 9.17) is 5.73 Å². The molecule has 0 spiro atoms. The summed E-state index contributed by atoms with van der Waals surface area (Å²) in [5.74, 6) is 0.227. The Morgan fingerprint density at radius 3 is 2.67 bits per heavy atom. The van der Waals surface area contributed by atoms with Crippen LogP contribution in [0.25, 0.3) is 0 Å². The maximum Gasteiger partial charge on any atom is 0.405 e. The first-order valence-corrected chi connectivity index (χ1v) is 3.77. The van der Waals surface area contributed by atoms with Gasteiger partial charge in [0.1, 0.15) is 17.4 Å². The van der Waals surface area contributed by atoms with Crippen LogP contribution in [0.4, 0.5) is 24.0 Å². The summed E-state index contributed by atoms with van der Waals surface area (Å²) in [5, 5.41) is 2.48. The molecule has 1 heterocycles. The molecule has 12 heavy (non-hydrogen) atoms. The third-order valence-electron chi connectivity index (χ3n) is 0.991. The van der Waals surface area contributed by atoms with Crippen molar-refractivity contribution in [2.75, 3.05) is 17.6 Å². The van der Waals surface area contributed by atoms with Crippen molar-refractivity contribution in [3.63, 3.8) is 0 Å². The normalized spacial score (nSPS) is 11.6. The molecule has 68 valence electrons. The SMILES string of the molecule is Nc1cc(NCC(F)(F)F)sn1. The van der Waals surface area contributed by atoms with Gasteiger partial charge in [-0.2, -0.15) is 17.5 Å². The number of nitrogen functional groups attached to an aromatic ring is 1. The molecule has 7 heteroatoms. The number of alkyl halides is 3. The number of nitrogens with two attached hydrogens (primary N) is 1. The van der Waals surface area contributed by atoms with Crippen molar-refractivity contribution in [3.8, 4) is 0 Å². The number of hydrogen-bond acceptors (Lipinski definition) is 4. The number of anilines is 2. The van der Waals surface area contributed by atoms with Gasteiger partial charge in [0.15, 0.2) is 0 Å². The van der Waals surface area contributed by atoms with Crippen LogP contribution in [0.1, 0.15) is 0 Å². The average Bonchev–Trinajstić information content (AvgIpc) is 2.30. The van der Waals surface area contributed by atoms with Crippen molar-refractivity contribution in [2.24, 2.45) is 0 Å². The van der Waals surface area contributed by atoms with E-state index in [1.54, 1.807) is 0 Å². The van der Waals surface area contributed by atoms with Gasteiger partial charge < -0.3 is 11.1 Å². The number of hydrogen-bond donors (Lipinski definition) is 2. The molecule has 0 bridgehead atoms. The van der Waals surface area contributed by atoms with Crippen LogP contribution in [0.2, 0.25) is 0 Å². The van der Waals surface area contributed by atoms with E-state index in [1.807, 2.05) is 0 Å². The molecule has 0 amide bonds. The molecule has 1 aromatic rings. The number of rotatable bonds is 2. The van der Waals surface area contributed by atoms with Crippen LogP contribution in [0, 0.1) is 0 Å². The van der Waals surface area contributed by atoms with Crippen LogP contribution in [0.3, 0.4) is 0 Å². The lowest BCUT2D eigenvalue weighted by Crippen LogP contribution is -2.20. The van der Waals surface area contributed by atoms with Gasteiger partial charge in [0.25, 0.3) is 0 Å². The van der Waals surface area contributed by atoms with Crippen LogP contribution < -0.4 is 11.1 Å². The summed E-state index contributed by atoms with van der Waals surface area (Å²) in [5.41, 5.74) is 5.20. The molecule has 0 aliphatic rings. The van der Waals surface area contributed by atoms with Crippen molar-refractivity contribution in [2.45, 2.75) is 6.18 Å². The molecule has 0 aromatic carbocycles. The van der Waals surface area contributed by atoms with Crippen molar-refractivity contribution in [1.82, 2.24) is 4.37 Å². The van der Waals surface area contributed by atoms with Gasteiger partial charge in [-0.25, -0.2) is 0 Å². The molecule has 0 saturated carbocycles. The van der Waals surface area contributed by atoms with E-state index >= 15 is 0 Å². The molecular weight excluding hydrogens is 191 g/mol. The zero-order valence-corrected chi connectivity index (χ0v) is 6.67. The number of aromatic nitrogens is 1. The summed E-state index contributed by atoms with van der Waals surface area (Å²) in [4.78, 5) is 0. The first kappa shape index (κ1) is 9.11. The van der Waals surface area contributed by atoms with E-state index in [-0.39, 0.29) is 5.82 Å². The van der Waals surface area contributed by atoms with Crippen LogP contribution in [0.5, 0.6) is 0 Å². The summed E-state index contributed by atoms with van der Waals surface area (Å²) >= 11 is 0.904. The summed E-state index contributed by atoms with van der Waals surface area (Å²) < 4.78 is 38.5. The fraction of sp³-hybridized carbons (Fsp3) is 0.400. The van der Waals surface area contributed by atoms with Crippen LogP contribution in [-0.2, 0) is 0 Å². The molecule has 0 atom stereocenters. The molecule has 0 saturated heterocycles. The summed E-state index contributed by atoms with van der Waals surface area (Å²) in [6.07, 6.45) is -4.21. The number of nitrogens with zero attached hydrogens (tertiary/aromatic N) is 1. The van der Waals surface area contributed by atoms with Gasteiger partial charge in [-0.15, -0.1) is 0 Å². The van der Waals surface area contributed by atoms with Crippen molar-refractivity contribution in [1.29, 1.82) is 0 Å². The van der Waals surface area contributed by atoms with Gasteiger partial charge in [0.05, 0.1) is 0 Å². The summed E-state index contributed by atoms with van der Waals surface area (Å²) in [6.45, 7) is -1.06. The first-order chi connectivity index (χ1) is 5.47. The smallest absolute Gasteiger partial charge is 0.383 e. The van der Waals surface area contributed by atoms with Gasteiger partial charge in [0.2, 0.25) is 0 Å². The molecule has 1 rings (SSSR count). The Balaban J connectivity index is 2.44. The Labute approximate surface area is 70.5 Å². The highest BCUT2D eigenvalue weighted by Crippen LogP contribution is 2.20. The lowest BCUT2D eigenvalue weighted by molar-refractivity contribution is -0.115. The summed E-state index contributed by atoms with van der Waals surface area (Å²) in [7, 11) is 0. The van der Waals surface area contributed by atoms with Crippen LogP contribution >= 0.6 is 11.5 Å². The lowest BCUT2D eigenvalue weighted by Gasteiger charge is -2.05. The Bertz CT molecular complexity index is 257. The Hall–Kier alpha value is -0.980. The zero-order valence-electron chi connectivity index (χ0n) is 5.85. The van der Waals surface area contributed by atoms with Crippen molar-refractivity contribution < 1.29 is 13.2 Å². The van der Waals surface area contributed by atoms with Crippen LogP contribution in [-0.4, -0.2) is 17.1 Å². The molecule has 0 radical (unpaired) electrons. The molecular formula is C5H6F3N3S. The second kappa shape index (κ2) is 3.18.